The minimum atomic E-state index is -4.74. The van der Waals surface area contributed by atoms with Crippen LogP contribution in [0.4, 0.5) is 34.3 Å². The van der Waals surface area contributed by atoms with E-state index in [1.165, 1.54) is 17.2 Å². The number of sulfonamides is 1. The number of anilines is 5. The second-order valence-electron chi connectivity index (χ2n) is 25.2. The van der Waals surface area contributed by atoms with Crippen molar-refractivity contribution in [1.29, 1.82) is 0 Å². The third kappa shape index (κ3) is 10.9. The molecule has 87 heavy (non-hydrogen) atoms. The number of rotatable bonds is 13. The SMILES string of the molecule is COc1cc(CN2CCN(C3CC4(CCN(c5ccc(C(=O)NS(=O)(=O)c6cc7c(c([N+](=O)[O-])c6)N[C@H](C6CCOCC6)[C@H](C)O7)c(N6c7cc8cc[nH]c8nc7O[C@H]7COCC[C@@H]76)c5)CC4)C3)[C@H](c3ccccc3C)C2)cnc1N1CCOC[C@@H]1C. The third-order valence-electron chi connectivity index (χ3n) is 20.0. The number of morpholine rings is 1. The second kappa shape index (κ2) is 23.3. The molecule has 1 aliphatic carbocycles. The molecular weight excluding hydrogens is 1130 g/mol. The van der Waals surface area contributed by atoms with Gasteiger partial charge in [-0.1, -0.05) is 24.3 Å². The molecule has 1 amide bonds. The molecule has 0 bridgehead atoms. The molecule has 6 atom stereocenters. The van der Waals surface area contributed by atoms with Gasteiger partial charge < -0.3 is 53.4 Å². The highest BCUT2D eigenvalue weighted by Gasteiger charge is 2.51. The van der Waals surface area contributed by atoms with E-state index in [0.29, 0.717) is 68.4 Å². The number of nitrogens with zero attached hydrogens (tertiary/aromatic N) is 8. The largest absolute Gasteiger partial charge is 0.493 e. The van der Waals surface area contributed by atoms with Crippen LogP contribution in [0.5, 0.6) is 17.4 Å². The van der Waals surface area contributed by atoms with Crippen molar-refractivity contribution in [2.45, 2.75) is 120 Å². The van der Waals surface area contributed by atoms with Crippen LogP contribution in [0.15, 0.2) is 90.1 Å². The predicted molar refractivity (Wildman–Crippen MR) is 328 cm³/mol. The van der Waals surface area contributed by atoms with Crippen LogP contribution in [0.3, 0.4) is 0 Å². The molecule has 10 heterocycles. The number of aromatic nitrogens is 3. The number of nitro groups is 1. The summed E-state index contributed by atoms with van der Waals surface area (Å²) in [4.78, 5) is 51.8. The van der Waals surface area contributed by atoms with Crippen molar-refractivity contribution in [2.75, 3.05) is 106 Å². The number of aryl methyl sites for hydroxylation is 1. The van der Waals surface area contributed by atoms with Gasteiger partial charge in [0, 0.05) is 113 Å². The number of piperazine rings is 1. The molecule has 0 radical (unpaired) electrons. The molecular formula is C64H77N11O11S. The number of piperidine rings is 1. The molecule has 460 valence electrons. The molecule has 1 spiro atoms. The van der Waals surface area contributed by atoms with Crippen molar-refractivity contribution in [3.8, 4) is 17.4 Å². The van der Waals surface area contributed by atoms with E-state index in [-0.39, 0.29) is 59.1 Å². The van der Waals surface area contributed by atoms with Crippen molar-refractivity contribution in [3.05, 3.63) is 118 Å². The minimum Gasteiger partial charge on any atom is -0.493 e. The van der Waals surface area contributed by atoms with Gasteiger partial charge >= 0.3 is 0 Å². The van der Waals surface area contributed by atoms with Crippen LogP contribution in [0.25, 0.3) is 11.0 Å². The van der Waals surface area contributed by atoms with Crippen LogP contribution in [-0.2, 0) is 30.8 Å². The Morgan fingerprint density at radius 2 is 1.70 bits per heavy atom. The quantitative estimate of drug-likeness (QED) is 0.0726. The average Bonchev–Trinajstić information content (AvgIpc) is 1.44. The first-order chi connectivity index (χ1) is 42.2. The number of carbonyl (C=O) groups excluding carboxylic acids is 1. The smallest absolute Gasteiger partial charge is 0.297 e. The number of methoxy groups -OCH3 is 1. The number of aromatic amines is 1. The normalized spacial score (nSPS) is 25.3. The number of carbonyl (C=O) groups is 1. The number of hydrogen-bond acceptors (Lipinski definition) is 19. The number of benzene rings is 3. The fraction of sp³-hybridized carbons (Fsp3) is 0.516. The summed E-state index contributed by atoms with van der Waals surface area (Å²) in [6, 6.07) is 23.1. The first-order valence-corrected chi connectivity index (χ1v) is 32.4. The first-order valence-electron chi connectivity index (χ1n) is 30.9. The van der Waals surface area contributed by atoms with E-state index < -0.39 is 43.6 Å². The van der Waals surface area contributed by atoms with Gasteiger partial charge in [0.15, 0.2) is 23.0 Å². The zero-order valence-electron chi connectivity index (χ0n) is 49.8. The van der Waals surface area contributed by atoms with E-state index in [2.05, 4.69) is 83.7 Å². The van der Waals surface area contributed by atoms with E-state index in [1.54, 1.807) is 13.2 Å². The molecule has 3 N–H and O–H groups in total. The lowest BCUT2D eigenvalue weighted by molar-refractivity contribution is -0.384. The Hall–Kier alpha value is -7.28. The molecule has 3 aromatic carbocycles. The lowest BCUT2D eigenvalue weighted by Gasteiger charge is -2.58. The summed E-state index contributed by atoms with van der Waals surface area (Å²) < 4.78 is 67.5. The predicted octanol–water partition coefficient (Wildman–Crippen LogP) is 8.51. The Bertz CT molecular complexity index is 3700. The number of H-pyrrole nitrogens is 1. The van der Waals surface area contributed by atoms with Crippen molar-refractivity contribution in [1.82, 2.24) is 29.5 Å². The van der Waals surface area contributed by atoms with Crippen LogP contribution < -0.4 is 38.9 Å². The first kappa shape index (κ1) is 57.5. The van der Waals surface area contributed by atoms with Crippen molar-refractivity contribution >= 4 is 61.2 Å². The van der Waals surface area contributed by atoms with Crippen LogP contribution in [-0.4, -0.2) is 166 Å². The molecule has 23 heteroatoms. The molecule has 22 nitrogen and oxygen atoms in total. The van der Waals surface area contributed by atoms with Gasteiger partial charge in [0.2, 0.25) is 5.88 Å². The average molecular weight is 1210 g/mol. The highest BCUT2D eigenvalue weighted by molar-refractivity contribution is 7.90. The van der Waals surface area contributed by atoms with E-state index in [4.69, 9.17) is 38.4 Å². The summed E-state index contributed by atoms with van der Waals surface area (Å²) in [5.41, 5.74) is 6.40. The molecule has 1 saturated carbocycles. The zero-order valence-corrected chi connectivity index (χ0v) is 50.6. The molecule has 6 fully saturated rings. The highest BCUT2D eigenvalue weighted by Crippen LogP contribution is 2.54. The van der Waals surface area contributed by atoms with Gasteiger partial charge in [0.1, 0.15) is 23.5 Å². The van der Waals surface area contributed by atoms with Gasteiger partial charge in [-0.3, -0.25) is 24.7 Å². The molecule has 14 rings (SSSR count). The second-order valence-corrected chi connectivity index (χ2v) is 26.9. The van der Waals surface area contributed by atoms with Crippen molar-refractivity contribution in [3.63, 3.8) is 0 Å². The maximum absolute atomic E-state index is 15.0. The van der Waals surface area contributed by atoms with Gasteiger partial charge in [-0.2, -0.15) is 4.98 Å². The van der Waals surface area contributed by atoms with Crippen LogP contribution >= 0.6 is 0 Å². The molecule has 8 aliphatic rings. The number of pyridine rings is 2. The van der Waals surface area contributed by atoms with Crippen LogP contribution in [0, 0.1) is 28.4 Å². The lowest BCUT2D eigenvalue weighted by atomic mass is 9.59. The molecule has 3 aromatic heterocycles. The van der Waals surface area contributed by atoms with Crippen LogP contribution in [0.1, 0.15) is 91.9 Å². The van der Waals surface area contributed by atoms with Crippen molar-refractivity contribution < 1.29 is 46.6 Å². The number of ether oxygens (including phenoxy) is 6. The van der Waals surface area contributed by atoms with Gasteiger partial charge in [-0.25, -0.2) is 18.1 Å². The van der Waals surface area contributed by atoms with E-state index in [0.717, 1.165) is 119 Å². The standard InChI is InChI=1S/C64H77N11O11S/c1-39-7-5-6-8-48(39)54-36-70(35-42-27-56(81-4)61(66-34-42)72-22-26-84-37-40(72)2)20-21-73(54)46-32-64(33-46)15-18-71(19-16-64)45-9-10-49(51(29-45)74-50-14-25-83-38-57(50)86-63-53(74)28-44-11-17-65-60(44)68-63)62(76)69-87(79,80)47-30-52(75(77)78)59-55(31-47)85-41(3)58(67-59)43-12-23-82-24-13-43/h5-11,17,27-31,34,40-41,43,46,50,54,57-58,67H,12-16,18-26,32-33,35-38H2,1-4H3,(H,65,68)(H,69,76)/t40-,41-,50-,54-,57-,58-/m0/s1. The maximum Gasteiger partial charge on any atom is 0.297 e. The summed E-state index contributed by atoms with van der Waals surface area (Å²) in [5.74, 6) is 1.29. The van der Waals surface area contributed by atoms with Crippen LogP contribution in [0.2, 0.25) is 0 Å². The summed E-state index contributed by atoms with van der Waals surface area (Å²) >= 11 is 0. The fourth-order valence-electron chi connectivity index (χ4n) is 15.3. The maximum atomic E-state index is 15.0. The van der Waals surface area contributed by atoms with Gasteiger partial charge in [0.05, 0.1) is 66.1 Å². The molecule has 6 aromatic rings. The Morgan fingerprint density at radius 1 is 0.897 bits per heavy atom. The zero-order chi connectivity index (χ0) is 59.7. The lowest BCUT2D eigenvalue weighted by Crippen LogP contribution is -2.59. The number of amides is 1. The number of nitro benzene ring substituents is 1. The summed E-state index contributed by atoms with van der Waals surface area (Å²) in [6.07, 6.45) is 9.25. The Labute approximate surface area is 507 Å². The van der Waals surface area contributed by atoms with E-state index >= 15 is 4.79 Å². The fourth-order valence-corrected chi connectivity index (χ4v) is 16.3. The molecule has 7 aliphatic heterocycles. The van der Waals surface area contributed by atoms with Crippen molar-refractivity contribution in [2.24, 2.45) is 11.3 Å². The highest BCUT2D eigenvalue weighted by atomic mass is 32.2. The monoisotopic (exact) mass is 1210 g/mol. The van der Waals surface area contributed by atoms with Gasteiger partial charge in [0.25, 0.3) is 21.6 Å². The Balaban J connectivity index is 0.715. The summed E-state index contributed by atoms with van der Waals surface area (Å²) in [5, 5.41) is 16.9. The summed E-state index contributed by atoms with van der Waals surface area (Å²) in [7, 11) is -3.01. The Morgan fingerprint density at radius 3 is 2.49 bits per heavy atom. The number of fused-ring (bicyclic) bond motifs is 4. The topological polar surface area (TPSA) is 232 Å². The van der Waals surface area contributed by atoms with E-state index in [9.17, 15) is 18.5 Å². The number of hydrogen-bond donors (Lipinski definition) is 3. The molecule has 5 saturated heterocycles. The number of nitrogens with one attached hydrogen (secondary N) is 3. The van der Waals surface area contributed by atoms with Gasteiger partial charge in [-0.15, -0.1) is 0 Å². The van der Waals surface area contributed by atoms with Gasteiger partial charge in [-0.05, 0) is 130 Å². The summed E-state index contributed by atoms with van der Waals surface area (Å²) in [6.45, 7) is 15.5. The minimum absolute atomic E-state index is 0.0231. The third-order valence-corrected chi connectivity index (χ3v) is 21.3. The van der Waals surface area contributed by atoms with E-state index in [1.807, 2.05) is 43.6 Å². The Kier molecular flexibility index (Phi) is 15.4. The molecule has 0 unspecified atom stereocenters.